The van der Waals surface area contributed by atoms with E-state index < -0.39 is 28.3 Å². The van der Waals surface area contributed by atoms with Gasteiger partial charge in [0.2, 0.25) is 0 Å². The molecule has 0 radical (unpaired) electrons. The molecular weight excluding hydrogens is 356 g/mol. The molecule has 0 amide bonds. The van der Waals surface area contributed by atoms with Crippen LogP contribution in [0.1, 0.15) is 54.4 Å². The molecular formula is C21H44O3Si2. The van der Waals surface area contributed by atoms with Gasteiger partial charge in [-0.1, -0.05) is 53.7 Å². The summed E-state index contributed by atoms with van der Waals surface area (Å²) in [6.45, 7) is 30.1. The molecule has 0 aliphatic heterocycles. The maximum absolute atomic E-state index is 10.3. The van der Waals surface area contributed by atoms with Crippen LogP contribution in [0, 0.1) is 0 Å². The Balaban J connectivity index is 6.11. The molecule has 0 heterocycles. The van der Waals surface area contributed by atoms with Crippen molar-refractivity contribution in [2.45, 2.75) is 102 Å². The van der Waals surface area contributed by atoms with Crippen molar-refractivity contribution in [1.29, 1.82) is 0 Å². The Morgan fingerprint density at radius 2 is 1.23 bits per heavy atom. The van der Waals surface area contributed by atoms with E-state index in [0.717, 1.165) is 0 Å². The highest BCUT2D eigenvalue weighted by Gasteiger charge is 2.50. The van der Waals surface area contributed by atoms with E-state index in [1.165, 1.54) is 0 Å². The molecule has 1 atom stereocenters. The van der Waals surface area contributed by atoms with Crippen LogP contribution in [0.3, 0.4) is 0 Å². The lowest BCUT2D eigenvalue weighted by Crippen LogP contribution is -2.59. The average molecular weight is 401 g/mol. The average Bonchev–Trinajstić information content (AvgIpc) is 2.42. The molecule has 1 N–H and O–H groups in total. The van der Waals surface area contributed by atoms with Gasteiger partial charge >= 0.3 is 0 Å². The second-order valence-corrected chi connectivity index (χ2v) is 19.9. The van der Waals surface area contributed by atoms with Crippen LogP contribution in [0.15, 0.2) is 25.3 Å². The summed E-state index contributed by atoms with van der Waals surface area (Å²) in [5, 5.41) is 10.4. The third-order valence-corrected chi connectivity index (χ3v) is 15.3. The summed E-state index contributed by atoms with van der Waals surface area (Å²) in [7, 11) is -4.16. The Hall–Kier alpha value is -0.206. The van der Waals surface area contributed by atoms with Crippen LogP contribution in [0.2, 0.25) is 36.3 Å². The fourth-order valence-corrected chi connectivity index (χ4v) is 5.46. The zero-order valence-corrected chi connectivity index (χ0v) is 21.0. The lowest BCUT2D eigenvalue weighted by atomic mass is 9.89. The summed E-state index contributed by atoms with van der Waals surface area (Å²) in [4.78, 5) is 0. The first-order valence-electron chi connectivity index (χ1n) is 9.70. The molecule has 0 saturated heterocycles. The number of aliphatic hydroxyl groups excluding tert-OH is 1. The monoisotopic (exact) mass is 400 g/mol. The Morgan fingerprint density at radius 1 is 0.846 bits per heavy atom. The van der Waals surface area contributed by atoms with Gasteiger partial charge in [-0.25, -0.2) is 0 Å². The highest BCUT2D eigenvalue weighted by atomic mass is 28.4. The Labute approximate surface area is 165 Å². The molecule has 0 aliphatic carbocycles. The zero-order valence-electron chi connectivity index (χ0n) is 19.0. The molecule has 0 aromatic rings. The summed E-state index contributed by atoms with van der Waals surface area (Å²) in [5.74, 6) is 0. The summed E-state index contributed by atoms with van der Waals surface area (Å²) in [5.41, 5.74) is -0.628. The van der Waals surface area contributed by atoms with E-state index in [1.807, 2.05) is 12.2 Å². The van der Waals surface area contributed by atoms with Crippen LogP contribution in [-0.4, -0.2) is 40.1 Å². The normalized spacial score (nSPS) is 15.7. The molecule has 0 bridgehead atoms. The van der Waals surface area contributed by atoms with E-state index in [2.05, 4.69) is 80.9 Å². The molecule has 3 nitrogen and oxygen atoms in total. The minimum absolute atomic E-state index is 0.0610. The van der Waals surface area contributed by atoms with Crippen LogP contribution in [0.25, 0.3) is 0 Å². The van der Waals surface area contributed by atoms with Crippen LogP contribution < -0.4 is 0 Å². The van der Waals surface area contributed by atoms with Crippen molar-refractivity contribution in [2.75, 3.05) is 6.61 Å². The van der Waals surface area contributed by atoms with Gasteiger partial charge in [-0.05, 0) is 49.1 Å². The van der Waals surface area contributed by atoms with Gasteiger partial charge in [0.25, 0.3) is 0 Å². The van der Waals surface area contributed by atoms with Crippen molar-refractivity contribution >= 4 is 16.6 Å². The third-order valence-electron chi connectivity index (χ3n) is 6.24. The molecule has 0 fully saturated rings. The summed E-state index contributed by atoms with van der Waals surface area (Å²) in [6, 6.07) is 0. The molecule has 0 spiro atoms. The molecule has 26 heavy (non-hydrogen) atoms. The van der Waals surface area contributed by atoms with E-state index in [1.54, 1.807) is 0 Å². The van der Waals surface area contributed by atoms with Gasteiger partial charge in [-0.15, -0.1) is 13.2 Å². The van der Waals surface area contributed by atoms with E-state index in [0.29, 0.717) is 12.8 Å². The van der Waals surface area contributed by atoms with Crippen molar-refractivity contribution in [1.82, 2.24) is 0 Å². The fraction of sp³-hybridized carbons (Fsp3) is 0.810. The topological polar surface area (TPSA) is 38.7 Å². The first kappa shape index (κ1) is 25.8. The standard InChI is InChI=1S/C21H44O3Si2/c1-13-15-21(16-14-2,24-26(11,12)20(6,7)8)18(17-22)23-25(9,10)19(3,4)5/h13-14,18,22H,1-2,15-17H2,3-12H3/t18-/m1/s1. The van der Waals surface area contributed by atoms with Gasteiger partial charge in [0.15, 0.2) is 16.6 Å². The Morgan fingerprint density at radius 3 is 1.50 bits per heavy atom. The summed E-state index contributed by atoms with van der Waals surface area (Å²) >= 11 is 0. The quantitative estimate of drug-likeness (QED) is 0.346. The molecule has 0 aliphatic rings. The predicted octanol–water partition coefficient (Wildman–Crippen LogP) is 6.28. The van der Waals surface area contributed by atoms with Crippen LogP contribution >= 0.6 is 0 Å². The smallest absolute Gasteiger partial charge is 0.192 e. The zero-order chi connectivity index (χ0) is 21.0. The molecule has 154 valence electrons. The molecule has 0 rings (SSSR count). The highest BCUT2D eigenvalue weighted by molar-refractivity contribution is 6.74. The van der Waals surface area contributed by atoms with Crippen LogP contribution in [0.4, 0.5) is 0 Å². The van der Waals surface area contributed by atoms with E-state index in [9.17, 15) is 5.11 Å². The fourth-order valence-electron chi connectivity index (χ4n) is 2.49. The number of aliphatic hydroxyl groups is 1. The molecule has 0 aromatic heterocycles. The highest BCUT2D eigenvalue weighted by Crippen LogP contribution is 2.45. The number of hydrogen-bond acceptors (Lipinski definition) is 3. The van der Waals surface area contributed by atoms with Gasteiger partial charge in [0.05, 0.1) is 18.3 Å². The second kappa shape index (κ2) is 8.86. The van der Waals surface area contributed by atoms with Crippen molar-refractivity contribution < 1.29 is 14.0 Å². The van der Waals surface area contributed by atoms with Gasteiger partial charge < -0.3 is 14.0 Å². The molecule has 0 aromatic carbocycles. The lowest BCUT2D eigenvalue weighted by Gasteiger charge is -2.51. The Kier molecular flexibility index (Phi) is 8.79. The van der Waals surface area contributed by atoms with Crippen molar-refractivity contribution in [3.8, 4) is 0 Å². The summed E-state index contributed by atoms with van der Waals surface area (Å²) in [6.07, 6.45) is 4.63. The predicted molar refractivity (Wildman–Crippen MR) is 120 cm³/mol. The van der Waals surface area contributed by atoms with Gasteiger partial charge in [0.1, 0.15) is 0 Å². The van der Waals surface area contributed by atoms with E-state index in [4.69, 9.17) is 8.85 Å². The largest absolute Gasteiger partial charge is 0.409 e. The Bertz CT molecular complexity index is 461. The van der Waals surface area contributed by atoms with E-state index in [-0.39, 0.29) is 16.7 Å². The molecule has 0 saturated carbocycles. The third kappa shape index (κ3) is 6.16. The maximum Gasteiger partial charge on any atom is 0.192 e. The molecule has 0 unspecified atom stereocenters. The van der Waals surface area contributed by atoms with Gasteiger partial charge in [-0.3, -0.25) is 0 Å². The van der Waals surface area contributed by atoms with Gasteiger partial charge in [0, 0.05) is 0 Å². The van der Waals surface area contributed by atoms with Crippen molar-refractivity contribution in [3.63, 3.8) is 0 Å². The second-order valence-electron chi connectivity index (χ2n) is 10.5. The van der Waals surface area contributed by atoms with Crippen molar-refractivity contribution in [2.24, 2.45) is 0 Å². The SMILES string of the molecule is C=CCC(CC=C)(O[Si](C)(C)C(C)(C)C)[C@@H](CO)O[Si](C)(C)C(C)(C)C. The molecule has 5 heteroatoms. The van der Waals surface area contributed by atoms with Crippen LogP contribution in [0.5, 0.6) is 0 Å². The first-order chi connectivity index (χ1) is 11.5. The number of hydrogen-bond donors (Lipinski definition) is 1. The minimum Gasteiger partial charge on any atom is -0.409 e. The summed E-state index contributed by atoms with van der Waals surface area (Å²) < 4.78 is 13.6. The maximum atomic E-state index is 10.3. The van der Waals surface area contributed by atoms with Crippen molar-refractivity contribution in [3.05, 3.63) is 25.3 Å². The number of rotatable bonds is 10. The lowest BCUT2D eigenvalue weighted by molar-refractivity contribution is -0.0740. The van der Waals surface area contributed by atoms with Crippen LogP contribution in [-0.2, 0) is 8.85 Å². The van der Waals surface area contributed by atoms with Gasteiger partial charge in [-0.2, -0.15) is 0 Å². The first-order valence-corrected chi connectivity index (χ1v) is 15.5. The van der Waals surface area contributed by atoms with E-state index >= 15 is 0 Å². The minimum atomic E-state index is -2.09.